The van der Waals surface area contributed by atoms with Crippen molar-refractivity contribution in [1.29, 1.82) is 0 Å². The van der Waals surface area contributed by atoms with E-state index in [2.05, 4.69) is 35.1 Å². The summed E-state index contributed by atoms with van der Waals surface area (Å²) in [6.07, 6.45) is 12.4. The van der Waals surface area contributed by atoms with Crippen molar-refractivity contribution in [2.24, 2.45) is 0 Å². The topological polar surface area (TPSA) is 46.5 Å². The van der Waals surface area contributed by atoms with Gasteiger partial charge in [-0.1, -0.05) is 81.7 Å². The van der Waals surface area contributed by atoms with E-state index in [-0.39, 0.29) is 0 Å². The molecule has 3 heteroatoms. The molecule has 0 aromatic heterocycles. The van der Waals surface area contributed by atoms with Crippen molar-refractivity contribution in [2.45, 2.75) is 70.6 Å². The Morgan fingerprint density at radius 2 is 1.27 bits per heavy atom. The lowest BCUT2D eigenvalue weighted by Gasteiger charge is -2.03. The zero-order valence-corrected chi connectivity index (χ0v) is 13.6. The molecule has 1 N–H and O–H groups in total. The Kier molecular flexibility index (Phi) is 11.1. The van der Waals surface area contributed by atoms with Crippen molar-refractivity contribution in [2.75, 3.05) is 6.61 Å². The Morgan fingerprint density at radius 1 is 0.773 bits per heavy atom. The smallest absolute Gasteiger partial charge is 0.450 e. The lowest BCUT2D eigenvalue weighted by Crippen LogP contribution is -2.01. The van der Waals surface area contributed by atoms with Gasteiger partial charge in [0.2, 0.25) is 0 Å². The number of aryl methyl sites for hydroxylation is 1. The molecule has 0 amide bonds. The maximum Gasteiger partial charge on any atom is 0.505 e. The van der Waals surface area contributed by atoms with Crippen LogP contribution in [0.1, 0.15) is 69.8 Å². The highest BCUT2D eigenvalue weighted by atomic mass is 16.7. The fourth-order valence-corrected chi connectivity index (χ4v) is 2.65. The molecule has 0 saturated carbocycles. The quantitative estimate of drug-likeness (QED) is 0.368. The molecule has 1 aromatic carbocycles. The fourth-order valence-electron chi connectivity index (χ4n) is 2.65. The molecule has 0 aliphatic rings. The van der Waals surface area contributed by atoms with Crippen molar-refractivity contribution in [3.05, 3.63) is 35.9 Å². The summed E-state index contributed by atoms with van der Waals surface area (Å²) >= 11 is 0. The lowest BCUT2D eigenvalue weighted by molar-refractivity contribution is 0.0899. The van der Waals surface area contributed by atoms with E-state index in [1.165, 1.54) is 63.4 Å². The van der Waals surface area contributed by atoms with Gasteiger partial charge >= 0.3 is 6.16 Å². The lowest BCUT2D eigenvalue weighted by atomic mass is 10.0. The molecule has 0 radical (unpaired) electrons. The first-order chi connectivity index (χ1) is 10.8. The van der Waals surface area contributed by atoms with Crippen molar-refractivity contribution in [3.8, 4) is 0 Å². The third kappa shape index (κ3) is 11.2. The zero-order valence-electron chi connectivity index (χ0n) is 13.6. The number of hydrogen-bond acceptors (Lipinski definition) is 2. The van der Waals surface area contributed by atoms with Gasteiger partial charge in [-0.25, -0.2) is 4.79 Å². The molecular formula is C19H30O3. The largest absolute Gasteiger partial charge is 0.505 e. The number of rotatable bonds is 13. The highest BCUT2D eigenvalue weighted by Gasteiger charge is 1.97. The minimum Gasteiger partial charge on any atom is -0.450 e. The van der Waals surface area contributed by atoms with E-state index < -0.39 is 6.16 Å². The summed E-state index contributed by atoms with van der Waals surface area (Å²) in [5.41, 5.74) is 1.45. The van der Waals surface area contributed by atoms with E-state index in [9.17, 15) is 4.79 Å². The number of carboxylic acid groups (broad SMARTS) is 1. The van der Waals surface area contributed by atoms with Crippen LogP contribution in [0, 0.1) is 0 Å². The van der Waals surface area contributed by atoms with Crippen molar-refractivity contribution in [3.63, 3.8) is 0 Å². The molecule has 124 valence electrons. The van der Waals surface area contributed by atoms with Crippen LogP contribution in [0.25, 0.3) is 0 Å². The monoisotopic (exact) mass is 306 g/mol. The standard InChI is InChI=1S/C19H30O3/c20-19(21)22-17-13-8-6-4-2-1-3-5-7-10-14-18-15-11-9-12-16-18/h9,11-12,15-16H,1-8,10,13-14,17H2,(H,20,21). The minimum atomic E-state index is -1.16. The maximum absolute atomic E-state index is 10.1. The average Bonchev–Trinajstić information content (AvgIpc) is 2.52. The van der Waals surface area contributed by atoms with Gasteiger partial charge in [0.1, 0.15) is 0 Å². The van der Waals surface area contributed by atoms with Crippen LogP contribution in [0.4, 0.5) is 4.79 Å². The first kappa shape index (κ1) is 18.5. The van der Waals surface area contributed by atoms with Crippen molar-refractivity contribution in [1.82, 2.24) is 0 Å². The Morgan fingerprint density at radius 3 is 1.82 bits per heavy atom. The SMILES string of the molecule is O=C(O)OCCCCCCCCCCCCc1ccccc1. The summed E-state index contributed by atoms with van der Waals surface area (Å²) in [5.74, 6) is 0. The maximum atomic E-state index is 10.1. The number of unbranched alkanes of at least 4 members (excludes halogenated alkanes) is 9. The Hall–Kier alpha value is -1.51. The summed E-state index contributed by atoms with van der Waals surface area (Å²) < 4.78 is 4.47. The molecule has 0 heterocycles. The van der Waals surface area contributed by atoms with Gasteiger partial charge in [0, 0.05) is 0 Å². The van der Waals surface area contributed by atoms with Gasteiger partial charge in [-0.15, -0.1) is 0 Å². The number of carbonyl (C=O) groups is 1. The summed E-state index contributed by atoms with van der Waals surface area (Å²) in [5, 5.41) is 8.32. The zero-order chi connectivity index (χ0) is 15.9. The van der Waals surface area contributed by atoms with Crippen LogP contribution in [0.15, 0.2) is 30.3 Å². The second-order valence-corrected chi connectivity index (χ2v) is 5.89. The van der Waals surface area contributed by atoms with Gasteiger partial charge in [0.05, 0.1) is 6.61 Å². The molecule has 0 aliphatic carbocycles. The molecule has 0 atom stereocenters. The van der Waals surface area contributed by atoms with Crippen LogP contribution < -0.4 is 0 Å². The third-order valence-electron chi connectivity index (χ3n) is 3.93. The van der Waals surface area contributed by atoms with Crippen molar-refractivity contribution < 1.29 is 14.6 Å². The average molecular weight is 306 g/mol. The van der Waals surface area contributed by atoms with Gasteiger partial charge in [0.15, 0.2) is 0 Å². The molecule has 22 heavy (non-hydrogen) atoms. The number of ether oxygens (including phenoxy) is 1. The molecule has 1 rings (SSSR count). The van der Waals surface area contributed by atoms with E-state index in [0.29, 0.717) is 6.61 Å². The van der Waals surface area contributed by atoms with Crippen LogP contribution in [-0.2, 0) is 11.2 Å². The van der Waals surface area contributed by atoms with Crippen molar-refractivity contribution >= 4 is 6.16 Å². The third-order valence-corrected chi connectivity index (χ3v) is 3.93. The minimum absolute atomic E-state index is 0.344. The summed E-state index contributed by atoms with van der Waals surface area (Å²) in [7, 11) is 0. The highest BCUT2D eigenvalue weighted by molar-refractivity contribution is 5.56. The molecule has 0 fully saturated rings. The van der Waals surface area contributed by atoms with Gasteiger partial charge in [-0.3, -0.25) is 0 Å². The van der Waals surface area contributed by atoms with Gasteiger partial charge in [-0.2, -0.15) is 0 Å². The van der Waals surface area contributed by atoms with E-state index in [1.54, 1.807) is 0 Å². The van der Waals surface area contributed by atoms with Crippen LogP contribution in [0.2, 0.25) is 0 Å². The predicted octanol–water partition coefficient (Wildman–Crippen LogP) is 5.82. The summed E-state index contributed by atoms with van der Waals surface area (Å²) in [6, 6.07) is 10.7. The molecule has 0 unspecified atom stereocenters. The van der Waals surface area contributed by atoms with Crippen LogP contribution in [0.5, 0.6) is 0 Å². The molecule has 0 aliphatic heterocycles. The van der Waals surface area contributed by atoms with Gasteiger partial charge in [0.25, 0.3) is 0 Å². The Balaban J connectivity index is 1.76. The van der Waals surface area contributed by atoms with Crippen LogP contribution in [0.3, 0.4) is 0 Å². The molecular weight excluding hydrogens is 276 g/mol. The Bertz CT molecular complexity index is 376. The fraction of sp³-hybridized carbons (Fsp3) is 0.632. The van der Waals surface area contributed by atoms with Crippen LogP contribution in [-0.4, -0.2) is 17.9 Å². The van der Waals surface area contributed by atoms with E-state index in [1.807, 2.05) is 0 Å². The highest BCUT2D eigenvalue weighted by Crippen LogP contribution is 2.12. The molecule has 0 saturated heterocycles. The van der Waals surface area contributed by atoms with Gasteiger partial charge < -0.3 is 9.84 Å². The molecule has 1 aromatic rings. The molecule has 0 spiro atoms. The first-order valence-corrected chi connectivity index (χ1v) is 8.68. The second kappa shape index (κ2) is 13.2. The van der Waals surface area contributed by atoms with Crippen LogP contribution >= 0.6 is 0 Å². The summed E-state index contributed by atoms with van der Waals surface area (Å²) in [4.78, 5) is 10.1. The summed E-state index contributed by atoms with van der Waals surface area (Å²) in [6.45, 7) is 0.344. The first-order valence-electron chi connectivity index (χ1n) is 8.68. The molecule has 3 nitrogen and oxygen atoms in total. The predicted molar refractivity (Wildman–Crippen MR) is 90.3 cm³/mol. The van der Waals surface area contributed by atoms with Gasteiger partial charge in [-0.05, 0) is 24.8 Å². The van der Waals surface area contributed by atoms with E-state index >= 15 is 0 Å². The Labute approximate surface area is 134 Å². The molecule has 0 bridgehead atoms. The normalized spacial score (nSPS) is 10.5. The number of benzene rings is 1. The van der Waals surface area contributed by atoms with E-state index in [0.717, 1.165) is 12.8 Å². The van der Waals surface area contributed by atoms with E-state index in [4.69, 9.17) is 5.11 Å². The number of hydrogen-bond donors (Lipinski definition) is 1. The second-order valence-electron chi connectivity index (χ2n) is 5.89.